The summed E-state index contributed by atoms with van der Waals surface area (Å²) in [6.07, 6.45) is 3.69. The molecule has 3 heterocycles. The number of H-pyrrole nitrogens is 1. The Labute approximate surface area is 135 Å². The Morgan fingerprint density at radius 3 is 3.13 bits per heavy atom. The third-order valence-corrected chi connectivity index (χ3v) is 3.87. The van der Waals surface area contributed by atoms with E-state index in [2.05, 4.69) is 20.2 Å². The number of aromatic nitrogens is 4. The van der Waals surface area contributed by atoms with Gasteiger partial charge in [0, 0.05) is 24.9 Å². The zero-order valence-electron chi connectivity index (χ0n) is 13.2. The summed E-state index contributed by atoms with van der Waals surface area (Å²) < 4.78 is 5.68. The molecule has 2 aromatic heterocycles. The normalized spacial score (nSPS) is 18.1. The Morgan fingerprint density at radius 2 is 2.39 bits per heavy atom. The number of carbonyl (C=O) groups is 1. The molecule has 0 aliphatic carbocycles. The van der Waals surface area contributed by atoms with Crippen LogP contribution in [-0.4, -0.2) is 50.7 Å². The minimum absolute atomic E-state index is 0.154. The Balaban J connectivity index is 1.49. The van der Waals surface area contributed by atoms with Gasteiger partial charge in [-0.05, 0) is 31.9 Å². The lowest BCUT2D eigenvalue weighted by Gasteiger charge is -2.31. The molecule has 0 bridgehead atoms. The highest BCUT2D eigenvalue weighted by Crippen LogP contribution is 2.20. The first-order chi connectivity index (χ1) is 11.2. The molecule has 2 aromatic rings. The number of morpholine rings is 1. The van der Waals surface area contributed by atoms with Crippen molar-refractivity contribution >= 4 is 5.91 Å². The van der Waals surface area contributed by atoms with Crippen LogP contribution in [0.25, 0.3) is 0 Å². The van der Waals surface area contributed by atoms with E-state index in [1.54, 1.807) is 6.20 Å². The molecular formula is C16H21N5O2. The molecule has 0 saturated carbocycles. The highest BCUT2D eigenvalue weighted by molar-refractivity contribution is 5.76. The maximum atomic E-state index is 12.4. The van der Waals surface area contributed by atoms with E-state index < -0.39 is 0 Å². The largest absolute Gasteiger partial charge is 0.366 e. The average Bonchev–Trinajstić information content (AvgIpc) is 3.02. The summed E-state index contributed by atoms with van der Waals surface area (Å²) in [5.74, 6) is 1.53. The Hall–Kier alpha value is -2.28. The minimum Gasteiger partial charge on any atom is -0.366 e. The van der Waals surface area contributed by atoms with E-state index in [0.29, 0.717) is 31.9 Å². The summed E-state index contributed by atoms with van der Waals surface area (Å²) in [5.41, 5.74) is 1.02. The van der Waals surface area contributed by atoms with Crippen molar-refractivity contribution in [2.75, 3.05) is 19.7 Å². The maximum Gasteiger partial charge on any atom is 0.222 e. The number of rotatable bonds is 5. The lowest BCUT2D eigenvalue weighted by Crippen LogP contribution is -2.42. The molecule has 1 unspecified atom stereocenters. The number of ether oxygens (including phenoxy) is 1. The zero-order valence-corrected chi connectivity index (χ0v) is 13.2. The van der Waals surface area contributed by atoms with Crippen molar-refractivity contribution in [3.63, 3.8) is 0 Å². The van der Waals surface area contributed by atoms with Crippen molar-refractivity contribution in [3.8, 4) is 0 Å². The minimum atomic E-state index is -0.242. The molecule has 1 fully saturated rings. The summed E-state index contributed by atoms with van der Waals surface area (Å²) in [6.45, 7) is 3.51. The topological polar surface area (TPSA) is 84.0 Å². The van der Waals surface area contributed by atoms with Crippen LogP contribution in [0.3, 0.4) is 0 Å². The number of hydrogen-bond acceptors (Lipinski definition) is 5. The van der Waals surface area contributed by atoms with Crippen molar-refractivity contribution in [1.82, 2.24) is 25.1 Å². The van der Waals surface area contributed by atoms with E-state index in [0.717, 1.165) is 24.4 Å². The lowest BCUT2D eigenvalue weighted by atomic mass is 10.1. The summed E-state index contributed by atoms with van der Waals surface area (Å²) in [4.78, 5) is 22.8. The predicted octanol–water partition coefficient (Wildman–Crippen LogP) is 1.43. The van der Waals surface area contributed by atoms with Gasteiger partial charge in [0.15, 0.2) is 5.82 Å². The van der Waals surface area contributed by atoms with Crippen LogP contribution in [0.1, 0.15) is 36.3 Å². The number of nitrogens with zero attached hydrogens (tertiary/aromatic N) is 4. The molecule has 0 spiro atoms. The summed E-state index contributed by atoms with van der Waals surface area (Å²) in [5, 5.41) is 6.94. The van der Waals surface area contributed by atoms with E-state index in [4.69, 9.17) is 4.74 Å². The van der Waals surface area contributed by atoms with Gasteiger partial charge in [-0.1, -0.05) is 6.07 Å². The molecule has 0 radical (unpaired) electrons. The summed E-state index contributed by atoms with van der Waals surface area (Å²) in [7, 11) is 0. The smallest absolute Gasteiger partial charge is 0.222 e. The quantitative estimate of drug-likeness (QED) is 0.902. The first-order valence-corrected chi connectivity index (χ1v) is 7.90. The van der Waals surface area contributed by atoms with Crippen LogP contribution in [-0.2, 0) is 16.0 Å². The molecule has 7 nitrogen and oxygen atoms in total. The van der Waals surface area contributed by atoms with Crippen molar-refractivity contribution in [1.29, 1.82) is 0 Å². The van der Waals surface area contributed by atoms with Crippen LogP contribution in [0, 0.1) is 6.92 Å². The van der Waals surface area contributed by atoms with E-state index in [1.807, 2.05) is 30.0 Å². The Bertz CT molecular complexity index is 643. The zero-order chi connectivity index (χ0) is 16.1. The van der Waals surface area contributed by atoms with Gasteiger partial charge in [-0.15, -0.1) is 0 Å². The first-order valence-electron chi connectivity index (χ1n) is 7.90. The number of aryl methyl sites for hydroxylation is 2. The van der Waals surface area contributed by atoms with Crippen LogP contribution in [0.5, 0.6) is 0 Å². The molecule has 122 valence electrons. The van der Waals surface area contributed by atoms with Gasteiger partial charge in [0.1, 0.15) is 11.9 Å². The summed E-state index contributed by atoms with van der Waals surface area (Å²) in [6, 6.07) is 5.85. The lowest BCUT2D eigenvalue weighted by molar-refractivity contribution is -0.139. The van der Waals surface area contributed by atoms with Crippen molar-refractivity contribution < 1.29 is 9.53 Å². The van der Waals surface area contributed by atoms with Crippen molar-refractivity contribution in [3.05, 3.63) is 41.7 Å². The second-order valence-corrected chi connectivity index (χ2v) is 5.65. The molecule has 3 rings (SSSR count). The number of amides is 1. The van der Waals surface area contributed by atoms with Crippen LogP contribution in [0.15, 0.2) is 24.4 Å². The molecule has 1 saturated heterocycles. The van der Waals surface area contributed by atoms with Crippen LogP contribution in [0.4, 0.5) is 0 Å². The van der Waals surface area contributed by atoms with E-state index in [1.165, 1.54) is 0 Å². The van der Waals surface area contributed by atoms with Gasteiger partial charge < -0.3 is 9.64 Å². The fraction of sp³-hybridized carbons (Fsp3) is 0.500. The maximum absolute atomic E-state index is 12.4. The number of aromatic amines is 1. The molecule has 23 heavy (non-hydrogen) atoms. The molecule has 1 aliphatic rings. The van der Waals surface area contributed by atoms with E-state index >= 15 is 0 Å². The molecule has 1 aliphatic heterocycles. The summed E-state index contributed by atoms with van der Waals surface area (Å²) >= 11 is 0. The number of carbonyl (C=O) groups excluding carboxylic acids is 1. The van der Waals surface area contributed by atoms with Crippen molar-refractivity contribution in [2.24, 2.45) is 0 Å². The fourth-order valence-corrected chi connectivity index (χ4v) is 2.66. The molecular weight excluding hydrogens is 294 g/mol. The van der Waals surface area contributed by atoms with Crippen LogP contribution >= 0.6 is 0 Å². The average molecular weight is 315 g/mol. The molecule has 0 aromatic carbocycles. The number of hydrogen-bond donors (Lipinski definition) is 1. The first kappa shape index (κ1) is 15.6. The van der Waals surface area contributed by atoms with Crippen molar-refractivity contribution in [2.45, 2.75) is 32.3 Å². The molecule has 1 atom stereocenters. The monoisotopic (exact) mass is 315 g/mol. The van der Waals surface area contributed by atoms with Gasteiger partial charge in [0.05, 0.1) is 13.2 Å². The SMILES string of the molecule is Cc1nc(C2CN(C(=O)CCCc3ccccn3)CCO2)n[nH]1. The Morgan fingerprint density at radius 1 is 1.48 bits per heavy atom. The second kappa shape index (κ2) is 7.32. The van der Waals surface area contributed by atoms with Gasteiger partial charge in [-0.3, -0.25) is 14.9 Å². The van der Waals surface area contributed by atoms with Gasteiger partial charge >= 0.3 is 0 Å². The number of nitrogens with one attached hydrogen (secondary N) is 1. The highest BCUT2D eigenvalue weighted by atomic mass is 16.5. The Kier molecular flexibility index (Phi) is 4.97. The van der Waals surface area contributed by atoms with Crippen LogP contribution in [0.2, 0.25) is 0 Å². The molecule has 7 heteroatoms. The van der Waals surface area contributed by atoms with Gasteiger partial charge in [0.2, 0.25) is 5.91 Å². The van der Waals surface area contributed by atoms with Gasteiger partial charge in [-0.25, -0.2) is 4.98 Å². The number of pyridine rings is 1. The van der Waals surface area contributed by atoms with E-state index in [9.17, 15) is 4.79 Å². The van der Waals surface area contributed by atoms with Crippen LogP contribution < -0.4 is 0 Å². The van der Waals surface area contributed by atoms with Gasteiger partial charge in [0.25, 0.3) is 0 Å². The molecule has 1 amide bonds. The fourth-order valence-electron chi connectivity index (χ4n) is 2.66. The standard InChI is InChI=1S/C16H21N5O2/c1-12-18-16(20-19-12)14-11-21(9-10-23-14)15(22)7-4-6-13-5-2-3-8-17-13/h2-3,5,8,14H,4,6-7,9-11H2,1H3,(H,18,19,20). The van der Waals surface area contributed by atoms with E-state index in [-0.39, 0.29) is 12.0 Å². The third-order valence-electron chi connectivity index (χ3n) is 3.87. The predicted molar refractivity (Wildman–Crippen MR) is 83.6 cm³/mol. The third kappa shape index (κ3) is 4.13. The molecule has 1 N–H and O–H groups in total. The highest BCUT2D eigenvalue weighted by Gasteiger charge is 2.27. The second-order valence-electron chi connectivity index (χ2n) is 5.65. The van der Waals surface area contributed by atoms with Gasteiger partial charge in [-0.2, -0.15) is 5.10 Å².